The first-order valence-corrected chi connectivity index (χ1v) is 11.5. The molecule has 2 heterocycles. The number of carbonyl (C=O) groups excluding carboxylic acids is 2. The highest BCUT2D eigenvalue weighted by atomic mass is 32.2. The molecular weight excluding hydrogens is 354 g/mol. The van der Waals surface area contributed by atoms with Gasteiger partial charge in [0.1, 0.15) is 0 Å². The molecule has 150 valence electrons. The number of hydrogen-bond acceptors (Lipinski definition) is 4. The monoisotopic (exact) mass is 387 g/mol. The van der Waals surface area contributed by atoms with E-state index in [-0.39, 0.29) is 29.5 Å². The number of rotatable bonds is 7. The van der Waals surface area contributed by atoms with E-state index < -0.39 is 10.0 Å². The second-order valence-corrected chi connectivity index (χ2v) is 9.52. The lowest BCUT2D eigenvalue weighted by atomic mass is 9.95. The van der Waals surface area contributed by atoms with E-state index in [1.807, 2.05) is 18.7 Å². The molecule has 0 radical (unpaired) electrons. The fourth-order valence-electron chi connectivity index (χ4n) is 3.77. The topological polar surface area (TPSA) is 86.8 Å². The van der Waals surface area contributed by atoms with Crippen LogP contribution in [0.1, 0.15) is 58.8 Å². The van der Waals surface area contributed by atoms with Crippen LogP contribution in [0.15, 0.2) is 0 Å². The first kappa shape index (κ1) is 21.2. The highest BCUT2D eigenvalue weighted by molar-refractivity contribution is 7.89. The fraction of sp³-hybridized carbons (Fsp3) is 0.889. The molecule has 0 aromatic heterocycles. The van der Waals surface area contributed by atoms with Gasteiger partial charge in [0.05, 0.1) is 11.7 Å². The van der Waals surface area contributed by atoms with Crippen molar-refractivity contribution in [3.05, 3.63) is 0 Å². The second-order valence-electron chi connectivity index (χ2n) is 7.43. The fourth-order valence-corrected chi connectivity index (χ4v) is 5.32. The Bertz CT molecular complexity index is 585. The lowest BCUT2D eigenvalue weighted by Crippen LogP contribution is -2.51. The van der Waals surface area contributed by atoms with E-state index in [0.29, 0.717) is 45.3 Å². The van der Waals surface area contributed by atoms with Crippen LogP contribution in [-0.4, -0.2) is 67.4 Å². The summed E-state index contributed by atoms with van der Waals surface area (Å²) in [4.78, 5) is 26.5. The number of hydrogen-bond donors (Lipinski definition) is 1. The second kappa shape index (κ2) is 9.69. The van der Waals surface area contributed by atoms with Crippen molar-refractivity contribution in [2.45, 2.75) is 64.8 Å². The third-order valence-corrected chi connectivity index (χ3v) is 7.34. The molecule has 2 rings (SSSR count). The summed E-state index contributed by atoms with van der Waals surface area (Å²) in [5.74, 6) is 0.188. The molecule has 7 nitrogen and oxygen atoms in total. The maximum absolute atomic E-state index is 12.6. The van der Waals surface area contributed by atoms with Crippen molar-refractivity contribution in [3.8, 4) is 0 Å². The highest BCUT2D eigenvalue weighted by Crippen LogP contribution is 2.20. The summed E-state index contributed by atoms with van der Waals surface area (Å²) in [5, 5.41) is 3.09. The number of nitrogens with zero attached hydrogens (tertiary/aromatic N) is 2. The van der Waals surface area contributed by atoms with Gasteiger partial charge in [0, 0.05) is 38.6 Å². The van der Waals surface area contributed by atoms with Crippen molar-refractivity contribution in [3.63, 3.8) is 0 Å². The average Bonchev–Trinajstić information content (AvgIpc) is 2.62. The quantitative estimate of drug-likeness (QED) is 0.714. The zero-order chi connectivity index (χ0) is 19.2. The first-order chi connectivity index (χ1) is 12.4. The molecule has 2 aliphatic heterocycles. The van der Waals surface area contributed by atoms with E-state index in [1.54, 1.807) is 4.31 Å². The SMILES string of the molecule is CCCC(=O)N1CCCC(C(=O)NC2CCN(S(=O)(=O)CCC)CC2)C1. The molecule has 0 aromatic carbocycles. The van der Waals surface area contributed by atoms with Crippen LogP contribution in [0.5, 0.6) is 0 Å². The van der Waals surface area contributed by atoms with Crippen LogP contribution in [-0.2, 0) is 19.6 Å². The van der Waals surface area contributed by atoms with Crippen molar-refractivity contribution in [2.24, 2.45) is 5.92 Å². The van der Waals surface area contributed by atoms with Crippen LogP contribution < -0.4 is 5.32 Å². The number of carbonyl (C=O) groups is 2. The van der Waals surface area contributed by atoms with Crippen molar-refractivity contribution >= 4 is 21.8 Å². The summed E-state index contributed by atoms with van der Waals surface area (Å²) in [6, 6.07) is 0.0253. The molecule has 26 heavy (non-hydrogen) atoms. The van der Waals surface area contributed by atoms with Gasteiger partial charge in [-0.25, -0.2) is 12.7 Å². The Morgan fingerprint density at radius 1 is 1.04 bits per heavy atom. The van der Waals surface area contributed by atoms with Crippen LogP contribution in [0.2, 0.25) is 0 Å². The molecule has 1 unspecified atom stereocenters. The normalized spacial score (nSPS) is 23.0. The predicted octanol–water partition coefficient (Wildman–Crippen LogP) is 1.35. The lowest BCUT2D eigenvalue weighted by molar-refractivity contribution is -0.136. The van der Waals surface area contributed by atoms with Crippen LogP contribution in [0.25, 0.3) is 0 Å². The van der Waals surface area contributed by atoms with Gasteiger partial charge in [0.15, 0.2) is 0 Å². The smallest absolute Gasteiger partial charge is 0.225 e. The Balaban J connectivity index is 1.81. The third kappa shape index (κ3) is 5.67. The van der Waals surface area contributed by atoms with Crippen molar-refractivity contribution in [1.82, 2.24) is 14.5 Å². The summed E-state index contributed by atoms with van der Waals surface area (Å²) < 4.78 is 25.8. The van der Waals surface area contributed by atoms with Crippen LogP contribution >= 0.6 is 0 Å². The van der Waals surface area contributed by atoms with Crippen molar-refractivity contribution in [1.29, 1.82) is 0 Å². The Morgan fingerprint density at radius 3 is 2.35 bits per heavy atom. The predicted molar refractivity (Wildman–Crippen MR) is 101 cm³/mol. The maximum Gasteiger partial charge on any atom is 0.225 e. The number of piperidine rings is 2. The van der Waals surface area contributed by atoms with Gasteiger partial charge < -0.3 is 10.2 Å². The molecule has 1 atom stereocenters. The van der Waals surface area contributed by atoms with Gasteiger partial charge in [-0.3, -0.25) is 9.59 Å². The molecule has 2 aliphatic rings. The van der Waals surface area contributed by atoms with Gasteiger partial charge in [0.2, 0.25) is 21.8 Å². The molecule has 8 heteroatoms. The summed E-state index contributed by atoms with van der Waals surface area (Å²) in [6.45, 7) is 6.05. The van der Waals surface area contributed by atoms with Gasteiger partial charge in [-0.2, -0.15) is 0 Å². The van der Waals surface area contributed by atoms with E-state index in [2.05, 4.69) is 5.32 Å². The van der Waals surface area contributed by atoms with Crippen LogP contribution in [0, 0.1) is 5.92 Å². The van der Waals surface area contributed by atoms with Gasteiger partial charge in [-0.15, -0.1) is 0 Å². The molecule has 2 amide bonds. The van der Waals surface area contributed by atoms with Crippen LogP contribution in [0.3, 0.4) is 0 Å². The van der Waals surface area contributed by atoms with Crippen LogP contribution in [0.4, 0.5) is 0 Å². The molecule has 1 N–H and O–H groups in total. The summed E-state index contributed by atoms with van der Waals surface area (Å²) in [7, 11) is -3.15. The standard InChI is InChI=1S/C18H33N3O4S/c1-3-6-17(22)20-10-5-7-15(14-20)18(23)19-16-8-11-21(12-9-16)26(24,25)13-4-2/h15-16H,3-14H2,1-2H3,(H,19,23). The Labute approximate surface area is 157 Å². The zero-order valence-electron chi connectivity index (χ0n) is 16.1. The number of amides is 2. The Hall–Kier alpha value is -1.15. The lowest BCUT2D eigenvalue weighted by Gasteiger charge is -2.35. The summed E-state index contributed by atoms with van der Waals surface area (Å²) in [5.41, 5.74) is 0. The molecule has 0 saturated carbocycles. The minimum absolute atomic E-state index is 0.00821. The van der Waals surface area contributed by atoms with Gasteiger partial charge in [-0.05, 0) is 38.5 Å². The van der Waals surface area contributed by atoms with Gasteiger partial charge in [-0.1, -0.05) is 13.8 Å². The van der Waals surface area contributed by atoms with E-state index in [0.717, 1.165) is 25.8 Å². The molecule has 0 bridgehead atoms. The third-order valence-electron chi connectivity index (χ3n) is 5.26. The van der Waals surface area contributed by atoms with E-state index in [9.17, 15) is 18.0 Å². The maximum atomic E-state index is 12.6. The molecule has 2 saturated heterocycles. The largest absolute Gasteiger partial charge is 0.353 e. The molecule has 2 fully saturated rings. The number of nitrogens with one attached hydrogen (secondary N) is 1. The first-order valence-electron chi connectivity index (χ1n) is 9.93. The molecular formula is C18H33N3O4S. The molecule has 0 aliphatic carbocycles. The van der Waals surface area contributed by atoms with E-state index >= 15 is 0 Å². The van der Waals surface area contributed by atoms with Crippen molar-refractivity contribution in [2.75, 3.05) is 31.9 Å². The minimum Gasteiger partial charge on any atom is -0.353 e. The Morgan fingerprint density at radius 2 is 1.73 bits per heavy atom. The number of likely N-dealkylation sites (tertiary alicyclic amines) is 1. The number of sulfonamides is 1. The summed E-state index contributed by atoms with van der Waals surface area (Å²) in [6.07, 6.45) is 4.96. The average molecular weight is 388 g/mol. The van der Waals surface area contributed by atoms with Gasteiger partial charge >= 0.3 is 0 Å². The molecule has 0 aromatic rings. The highest BCUT2D eigenvalue weighted by Gasteiger charge is 2.31. The minimum atomic E-state index is -3.15. The van der Waals surface area contributed by atoms with E-state index in [4.69, 9.17) is 0 Å². The Kier molecular flexibility index (Phi) is 7.88. The zero-order valence-corrected chi connectivity index (χ0v) is 16.9. The summed E-state index contributed by atoms with van der Waals surface area (Å²) >= 11 is 0. The van der Waals surface area contributed by atoms with Crippen molar-refractivity contribution < 1.29 is 18.0 Å². The molecule has 0 spiro atoms. The van der Waals surface area contributed by atoms with Gasteiger partial charge in [0.25, 0.3) is 0 Å². The van der Waals surface area contributed by atoms with E-state index in [1.165, 1.54) is 0 Å².